The van der Waals surface area contributed by atoms with Crippen LogP contribution >= 0.6 is 15.9 Å². The average Bonchev–Trinajstić information content (AvgIpc) is 2.91. The Bertz CT molecular complexity index is 1230. The van der Waals surface area contributed by atoms with E-state index in [4.69, 9.17) is 8.85 Å². The Morgan fingerprint density at radius 2 is 2.08 bits per heavy atom. The van der Waals surface area contributed by atoms with Gasteiger partial charge in [0.25, 0.3) is 5.56 Å². The number of aromatic nitrogens is 3. The number of fused-ring (bicyclic) bond motifs is 3. The van der Waals surface area contributed by atoms with E-state index in [9.17, 15) is 9.18 Å². The quantitative estimate of drug-likeness (QED) is 0.566. The van der Waals surface area contributed by atoms with Crippen LogP contribution < -0.4 is 10.3 Å². The molecule has 0 bridgehead atoms. The molecule has 0 radical (unpaired) electrons. The zero-order valence-corrected chi connectivity index (χ0v) is 13.6. The summed E-state index contributed by atoms with van der Waals surface area (Å²) in [5, 5.41) is 3.75. The molecule has 24 heavy (non-hydrogen) atoms. The van der Waals surface area contributed by atoms with E-state index < -0.39 is 12.9 Å². The molecule has 0 aliphatic rings. The molecule has 120 valence electrons. The Hall–Kier alpha value is -2.67. The summed E-state index contributed by atoms with van der Waals surface area (Å²) in [5.74, 6) is -0.345. The zero-order chi connectivity index (χ0) is 19.3. The van der Waals surface area contributed by atoms with Crippen LogP contribution in [0.5, 0.6) is 5.75 Å². The number of rotatable bonds is 2. The maximum Gasteiger partial charge on any atom is 0.280 e. The SMILES string of the molecule is [2H]C([2H])([2H])Oc1ccc(-n2[nH]c3c(cnc4c(F)cc(Br)cc43)c2=O)cc1. The lowest BCUT2D eigenvalue weighted by atomic mass is 10.1. The van der Waals surface area contributed by atoms with Gasteiger partial charge in [-0.1, -0.05) is 15.9 Å². The second-order valence-electron chi connectivity index (χ2n) is 5.18. The molecule has 0 fully saturated rings. The number of methoxy groups -OCH3 is 1. The van der Waals surface area contributed by atoms with E-state index in [1.807, 2.05) is 0 Å². The molecule has 1 N–H and O–H groups in total. The van der Waals surface area contributed by atoms with Crippen LogP contribution in [0.25, 0.3) is 27.5 Å². The van der Waals surface area contributed by atoms with E-state index in [1.165, 1.54) is 29.1 Å². The predicted octanol–water partition coefficient (Wildman–Crippen LogP) is 3.78. The lowest BCUT2D eigenvalue weighted by Crippen LogP contribution is -2.14. The summed E-state index contributed by atoms with van der Waals surface area (Å²) >= 11 is 3.24. The van der Waals surface area contributed by atoms with Crippen molar-refractivity contribution in [3.8, 4) is 11.4 Å². The third-order valence-electron chi connectivity index (χ3n) is 3.76. The van der Waals surface area contributed by atoms with Crippen molar-refractivity contribution in [1.29, 1.82) is 0 Å². The average molecular weight is 391 g/mol. The van der Waals surface area contributed by atoms with Crippen molar-refractivity contribution in [3.63, 3.8) is 0 Å². The first kappa shape index (κ1) is 11.8. The molecule has 5 nitrogen and oxygen atoms in total. The Morgan fingerprint density at radius 3 is 2.83 bits per heavy atom. The molecule has 7 heteroatoms. The first-order valence-corrected chi connectivity index (χ1v) is 7.70. The van der Waals surface area contributed by atoms with Gasteiger partial charge in [-0.25, -0.2) is 9.07 Å². The maximum absolute atomic E-state index is 14.1. The first-order chi connectivity index (χ1) is 12.7. The van der Waals surface area contributed by atoms with Crippen molar-refractivity contribution in [1.82, 2.24) is 14.8 Å². The summed E-state index contributed by atoms with van der Waals surface area (Å²) in [4.78, 5) is 16.8. The summed E-state index contributed by atoms with van der Waals surface area (Å²) in [5.41, 5.74) is 0.718. The minimum Gasteiger partial charge on any atom is -0.497 e. The van der Waals surface area contributed by atoms with Crippen LogP contribution in [0.1, 0.15) is 4.11 Å². The van der Waals surface area contributed by atoms with E-state index >= 15 is 0 Å². The largest absolute Gasteiger partial charge is 0.497 e. The fourth-order valence-electron chi connectivity index (χ4n) is 2.64. The molecule has 0 saturated heterocycles. The summed E-state index contributed by atoms with van der Waals surface area (Å²) in [6, 6.07) is 8.98. The van der Waals surface area contributed by atoms with Crippen molar-refractivity contribution in [3.05, 3.63) is 63.2 Å². The second-order valence-corrected chi connectivity index (χ2v) is 6.09. The third kappa shape index (κ3) is 2.20. The van der Waals surface area contributed by atoms with Gasteiger partial charge >= 0.3 is 0 Å². The highest BCUT2D eigenvalue weighted by Gasteiger charge is 2.14. The smallest absolute Gasteiger partial charge is 0.280 e. The van der Waals surface area contributed by atoms with Crippen LogP contribution in [0.15, 0.2) is 51.9 Å². The standard InChI is InChI=1S/C17H11BrFN3O2/c1-24-11-4-2-10(3-5-11)22-17(23)13-8-20-16-12(15(13)21-22)6-9(18)7-14(16)19/h2-8,21H,1H3/i1D3. The van der Waals surface area contributed by atoms with E-state index in [-0.39, 0.29) is 16.8 Å². The number of pyridine rings is 1. The predicted molar refractivity (Wildman–Crippen MR) is 93.4 cm³/mol. The molecule has 4 aromatic rings. The molecule has 0 atom stereocenters. The number of H-pyrrole nitrogens is 1. The molecule has 2 aromatic heterocycles. The van der Waals surface area contributed by atoms with Gasteiger partial charge < -0.3 is 4.74 Å². The van der Waals surface area contributed by atoms with Crippen molar-refractivity contribution in [2.75, 3.05) is 7.04 Å². The Balaban J connectivity index is 1.87. The number of ether oxygens (including phenoxy) is 1. The lowest BCUT2D eigenvalue weighted by Gasteiger charge is -2.03. The van der Waals surface area contributed by atoms with Crippen LogP contribution in [-0.4, -0.2) is 21.8 Å². The van der Waals surface area contributed by atoms with Crippen molar-refractivity contribution < 1.29 is 13.2 Å². The molecule has 0 unspecified atom stereocenters. The molecule has 0 aliphatic heterocycles. The molecular formula is C17H11BrFN3O2. The maximum atomic E-state index is 14.1. The summed E-state index contributed by atoms with van der Waals surface area (Å²) in [6.45, 7) is 0. The lowest BCUT2D eigenvalue weighted by molar-refractivity contribution is 0.414. The summed E-state index contributed by atoms with van der Waals surface area (Å²) in [7, 11) is -2.55. The third-order valence-corrected chi connectivity index (χ3v) is 4.22. The van der Waals surface area contributed by atoms with E-state index in [0.717, 1.165) is 0 Å². The molecule has 2 aromatic carbocycles. The first-order valence-electron chi connectivity index (χ1n) is 8.41. The molecule has 0 aliphatic carbocycles. The van der Waals surface area contributed by atoms with Crippen LogP contribution in [0.3, 0.4) is 0 Å². The van der Waals surface area contributed by atoms with Gasteiger partial charge in [-0.15, -0.1) is 0 Å². The van der Waals surface area contributed by atoms with Crippen LogP contribution in [0, 0.1) is 5.82 Å². The molecule has 2 heterocycles. The van der Waals surface area contributed by atoms with Crippen molar-refractivity contribution >= 4 is 37.7 Å². The van der Waals surface area contributed by atoms with E-state index in [0.29, 0.717) is 26.4 Å². The topological polar surface area (TPSA) is 59.9 Å². The Morgan fingerprint density at radius 1 is 1.29 bits per heavy atom. The fourth-order valence-corrected chi connectivity index (χ4v) is 3.07. The van der Waals surface area contributed by atoms with Crippen molar-refractivity contribution in [2.45, 2.75) is 0 Å². The van der Waals surface area contributed by atoms with Crippen LogP contribution in [0.2, 0.25) is 0 Å². The number of hydrogen-bond donors (Lipinski definition) is 1. The van der Waals surface area contributed by atoms with Crippen LogP contribution in [-0.2, 0) is 0 Å². The minimum atomic E-state index is -2.55. The van der Waals surface area contributed by atoms with Gasteiger partial charge in [-0.05, 0) is 36.4 Å². The zero-order valence-electron chi connectivity index (χ0n) is 15.0. The summed E-state index contributed by atoms with van der Waals surface area (Å²) < 4.78 is 42.1. The highest BCUT2D eigenvalue weighted by molar-refractivity contribution is 9.10. The molecule has 0 spiro atoms. The number of hydrogen-bond acceptors (Lipinski definition) is 3. The van der Waals surface area contributed by atoms with Crippen molar-refractivity contribution in [2.24, 2.45) is 0 Å². The highest BCUT2D eigenvalue weighted by Crippen LogP contribution is 2.27. The number of aromatic amines is 1. The monoisotopic (exact) mass is 390 g/mol. The van der Waals surface area contributed by atoms with Gasteiger partial charge in [0, 0.05) is 16.1 Å². The second kappa shape index (κ2) is 5.45. The Kier molecular flexibility index (Phi) is 2.68. The van der Waals surface area contributed by atoms with Gasteiger partial charge in [0.05, 0.1) is 27.7 Å². The minimum absolute atomic E-state index is 0.153. The normalized spacial score (nSPS) is 13.7. The number of nitrogens with one attached hydrogen (secondary N) is 1. The number of halogens is 2. The van der Waals surface area contributed by atoms with Gasteiger partial charge in [0.15, 0.2) is 5.82 Å². The van der Waals surface area contributed by atoms with Gasteiger partial charge in [-0.2, -0.15) is 0 Å². The number of benzene rings is 2. The molecule has 0 amide bonds. The van der Waals surface area contributed by atoms with Gasteiger partial charge in [0.2, 0.25) is 0 Å². The van der Waals surface area contributed by atoms with Gasteiger partial charge in [0.1, 0.15) is 11.3 Å². The fraction of sp³-hybridized carbons (Fsp3) is 0.0588. The molecular weight excluding hydrogens is 377 g/mol. The van der Waals surface area contributed by atoms with E-state index in [1.54, 1.807) is 18.2 Å². The Labute approximate surface area is 148 Å². The molecule has 0 saturated carbocycles. The summed E-state index contributed by atoms with van der Waals surface area (Å²) in [6.07, 6.45) is 1.33. The number of nitrogens with zero attached hydrogens (tertiary/aromatic N) is 2. The molecule has 4 rings (SSSR count). The van der Waals surface area contributed by atoms with Crippen LogP contribution in [0.4, 0.5) is 4.39 Å². The van der Waals surface area contributed by atoms with E-state index in [2.05, 4.69) is 26.0 Å². The highest BCUT2D eigenvalue weighted by atomic mass is 79.9. The van der Waals surface area contributed by atoms with Gasteiger partial charge in [-0.3, -0.25) is 14.9 Å².